The Hall–Kier alpha value is -1.06. The van der Waals surface area contributed by atoms with Crippen LogP contribution in [0.1, 0.15) is 45.1 Å². The van der Waals surface area contributed by atoms with E-state index in [0.29, 0.717) is 18.7 Å². The van der Waals surface area contributed by atoms with E-state index < -0.39 is 0 Å². The van der Waals surface area contributed by atoms with Crippen molar-refractivity contribution < 1.29 is 9.47 Å². The fourth-order valence-corrected chi connectivity index (χ4v) is 3.83. The number of aliphatic imine (C=N–C) groups is 1. The molecule has 1 heterocycles. The van der Waals surface area contributed by atoms with Gasteiger partial charge in [0.05, 0.1) is 25.9 Å². The molecule has 2 aliphatic rings. The molecule has 1 aromatic rings. The van der Waals surface area contributed by atoms with Crippen molar-refractivity contribution in [3.8, 4) is 5.75 Å². The maximum atomic E-state index is 6.25. The number of benzene rings is 1. The summed E-state index contributed by atoms with van der Waals surface area (Å²) in [6.07, 6.45) is 5.26. The van der Waals surface area contributed by atoms with Gasteiger partial charge in [-0.25, -0.2) is 4.99 Å². The van der Waals surface area contributed by atoms with Gasteiger partial charge < -0.3 is 20.1 Å². The molecule has 0 amide bonds. The molecule has 0 spiro atoms. The molecule has 0 aromatic heterocycles. The molecular formula is C22H37IN4O2. The zero-order valence-electron chi connectivity index (χ0n) is 17.9. The zero-order chi connectivity index (χ0) is 19.6. The topological polar surface area (TPSA) is 58.1 Å². The van der Waals surface area contributed by atoms with Gasteiger partial charge >= 0.3 is 0 Å². The Balaban J connectivity index is 0.00000300. The quantitative estimate of drug-likeness (QED) is 0.315. The van der Waals surface area contributed by atoms with Crippen LogP contribution < -0.4 is 15.4 Å². The maximum absolute atomic E-state index is 6.25. The van der Waals surface area contributed by atoms with E-state index >= 15 is 0 Å². The van der Waals surface area contributed by atoms with Crippen LogP contribution in [0.15, 0.2) is 29.3 Å². The van der Waals surface area contributed by atoms with Gasteiger partial charge in [0, 0.05) is 37.8 Å². The molecule has 0 radical (unpaired) electrons. The third kappa shape index (κ3) is 7.94. The van der Waals surface area contributed by atoms with Crippen LogP contribution in [0.4, 0.5) is 0 Å². The summed E-state index contributed by atoms with van der Waals surface area (Å²) in [7, 11) is 0. The number of rotatable bonds is 8. The van der Waals surface area contributed by atoms with Crippen molar-refractivity contribution in [3.63, 3.8) is 0 Å². The lowest BCUT2D eigenvalue weighted by Gasteiger charge is -2.32. The van der Waals surface area contributed by atoms with Gasteiger partial charge in [0.25, 0.3) is 0 Å². The molecule has 164 valence electrons. The number of hydrogen-bond donors (Lipinski definition) is 2. The highest BCUT2D eigenvalue weighted by molar-refractivity contribution is 14.0. The molecule has 7 heteroatoms. The number of nitrogens with one attached hydrogen (secondary N) is 2. The van der Waals surface area contributed by atoms with E-state index in [2.05, 4.69) is 47.6 Å². The monoisotopic (exact) mass is 516 g/mol. The summed E-state index contributed by atoms with van der Waals surface area (Å²) in [5.41, 5.74) is 1.15. The van der Waals surface area contributed by atoms with E-state index in [4.69, 9.17) is 14.5 Å². The first kappa shape index (κ1) is 24.2. The second-order valence-electron chi connectivity index (χ2n) is 7.71. The average Bonchev–Trinajstić information content (AvgIpc) is 3.24. The Morgan fingerprint density at radius 1 is 1.21 bits per heavy atom. The van der Waals surface area contributed by atoms with Gasteiger partial charge in [0.1, 0.15) is 5.75 Å². The lowest BCUT2D eigenvalue weighted by atomic mass is 10.2. The first-order valence-corrected chi connectivity index (χ1v) is 10.8. The summed E-state index contributed by atoms with van der Waals surface area (Å²) >= 11 is 0. The maximum Gasteiger partial charge on any atom is 0.191 e. The van der Waals surface area contributed by atoms with Gasteiger partial charge in [-0.15, -0.1) is 24.0 Å². The van der Waals surface area contributed by atoms with Crippen LogP contribution in [-0.2, 0) is 11.3 Å². The highest BCUT2D eigenvalue weighted by atomic mass is 127. The SMILES string of the molecule is CCNC(=NCc1ccccc1OC1CCCC1)NCC(C)N1CCOCC1.I. The van der Waals surface area contributed by atoms with E-state index in [-0.39, 0.29) is 24.0 Å². The van der Waals surface area contributed by atoms with Crippen molar-refractivity contribution in [2.24, 2.45) is 4.99 Å². The largest absolute Gasteiger partial charge is 0.490 e. The first-order chi connectivity index (χ1) is 13.8. The molecule has 3 rings (SSSR count). The number of hydrogen-bond acceptors (Lipinski definition) is 4. The van der Waals surface area contributed by atoms with E-state index in [1.165, 1.54) is 25.7 Å². The minimum atomic E-state index is 0. The molecule has 1 saturated heterocycles. The average molecular weight is 516 g/mol. The molecule has 1 aliphatic carbocycles. The molecule has 29 heavy (non-hydrogen) atoms. The Morgan fingerprint density at radius 3 is 2.66 bits per heavy atom. The van der Waals surface area contributed by atoms with Crippen LogP contribution in [0.3, 0.4) is 0 Å². The Bertz CT molecular complexity index is 617. The van der Waals surface area contributed by atoms with E-state index in [9.17, 15) is 0 Å². The Kier molecular flexibility index (Phi) is 11.1. The summed E-state index contributed by atoms with van der Waals surface area (Å²) in [4.78, 5) is 7.27. The molecular weight excluding hydrogens is 479 g/mol. The minimum Gasteiger partial charge on any atom is -0.490 e. The van der Waals surface area contributed by atoms with Crippen molar-refractivity contribution in [1.82, 2.24) is 15.5 Å². The van der Waals surface area contributed by atoms with Crippen LogP contribution in [0, 0.1) is 0 Å². The smallest absolute Gasteiger partial charge is 0.191 e. The fraction of sp³-hybridized carbons (Fsp3) is 0.682. The number of nitrogens with zero attached hydrogens (tertiary/aromatic N) is 2. The molecule has 1 saturated carbocycles. The summed E-state index contributed by atoms with van der Waals surface area (Å²) < 4.78 is 11.7. The van der Waals surface area contributed by atoms with Crippen molar-refractivity contribution >= 4 is 29.9 Å². The Morgan fingerprint density at radius 2 is 1.93 bits per heavy atom. The van der Waals surface area contributed by atoms with Gasteiger partial charge in [-0.1, -0.05) is 18.2 Å². The minimum absolute atomic E-state index is 0. The number of morpholine rings is 1. The molecule has 0 bridgehead atoms. The standard InChI is InChI=1S/C22H36N4O2.HI/c1-3-23-22(24-16-18(2)26-12-14-27-15-13-26)25-17-19-8-4-7-11-21(19)28-20-9-5-6-10-20;/h4,7-8,11,18,20H,3,5-6,9-10,12-17H2,1-2H3,(H2,23,24,25);1H. The predicted molar refractivity (Wildman–Crippen MR) is 129 cm³/mol. The molecule has 1 aromatic carbocycles. The van der Waals surface area contributed by atoms with Gasteiger partial charge in [-0.05, 0) is 45.6 Å². The lowest BCUT2D eigenvalue weighted by Crippen LogP contribution is -2.49. The number of halogens is 1. The third-order valence-corrected chi connectivity index (χ3v) is 5.55. The highest BCUT2D eigenvalue weighted by Crippen LogP contribution is 2.27. The summed E-state index contributed by atoms with van der Waals surface area (Å²) in [6, 6.07) is 8.75. The van der Waals surface area contributed by atoms with Gasteiger partial charge in [0.2, 0.25) is 0 Å². The van der Waals surface area contributed by atoms with Crippen molar-refractivity contribution in [1.29, 1.82) is 0 Å². The van der Waals surface area contributed by atoms with E-state index in [1.54, 1.807) is 0 Å². The molecule has 1 atom stereocenters. The second-order valence-corrected chi connectivity index (χ2v) is 7.71. The van der Waals surface area contributed by atoms with Crippen LogP contribution in [0.5, 0.6) is 5.75 Å². The van der Waals surface area contributed by atoms with E-state index in [0.717, 1.165) is 56.7 Å². The van der Waals surface area contributed by atoms with E-state index in [1.807, 2.05) is 6.07 Å². The molecule has 1 aliphatic heterocycles. The number of guanidine groups is 1. The predicted octanol–water partition coefficient (Wildman–Crippen LogP) is 3.40. The van der Waals surface area contributed by atoms with Crippen LogP contribution in [0.2, 0.25) is 0 Å². The summed E-state index contributed by atoms with van der Waals surface area (Å²) in [5.74, 6) is 1.84. The van der Waals surface area contributed by atoms with Gasteiger partial charge in [0.15, 0.2) is 5.96 Å². The van der Waals surface area contributed by atoms with Crippen LogP contribution in [-0.4, -0.2) is 62.4 Å². The highest BCUT2D eigenvalue weighted by Gasteiger charge is 2.18. The first-order valence-electron chi connectivity index (χ1n) is 10.8. The summed E-state index contributed by atoms with van der Waals surface area (Å²) in [6.45, 7) is 10.3. The zero-order valence-corrected chi connectivity index (χ0v) is 20.2. The third-order valence-electron chi connectivity index (χ3n) is 5.55. The molecule has 2 N–H and O–H groups in total. The van der Waals surface area contributed by atoms with Crippen molar-refractivity contribution in [2.45, 2.75) is 58.2 Å². The lowest BCUT2D eigenvalue weighted by molar-refractivity contribution is 0.0211. The summed E-state index contributed by atoms with van der Waals surface area (Å²) in [5, 5.41) is 6.85. The number of ether oxygens (including phenoxy) is 2. The molecule has 1 unspecified atom stereocenters. The Labute approximate surface area is 192 Å². The van der Waals surface area contributed by atoms with Crippen molar-refractivity contribution in [3.05, 3.63) is 29.8 Å². The fourth-order valence-electron chi connectivity index (χ4n) is 3.83. The second kappa shape index (κ2) is 13.3. The van der Waals surface area contributed by atoms with Crippen molar-refractivity contribution in [2.75, 3.05) is 39.4 Å². The van der Waals surface area contributed by atoms with Gasteiger partial charge in [-0.3, -0.25) is 4.90 Å². The normalized spacial score (nSPS) is 19.4. The van der Waals surface area contributed by atoms with Crippen LogP contribution in [0.25, 0.3) is 0 Å². The molecule has 2 fully saturated rings. The molecule has 6 nitrogen and oxygen atoms in total. The van der Waals surface area contributed by atoms with Gasteiger partial charge in [-0.2, -0.15) is 0 Å². The number of para-hydroxylation sites is 1. The van der Waals surface area contributed by atoms with Crippen LogP contribution >= 0.6 is 24.0 Å².